The highest BCUT2D eigenvalue weighted by Crippen LogP contribution is 2.24. The van der Waals surface area contributed by atoms with Gasteiger partial charge in [0.15, 0.2) is 0 Å². The molecule has 1 heterocycles. The lowest BCUT2D eigenvalue weighted by molar-refractivity contribution is 0.700. The van der Waals surface area contributed by atoms with Gasteiger partial charge in [0.2, 0.25) is 0 Å². The SMILES string of the molecule is CC[C@H](N)c1ccc2sccc2c1. The minimum absolute atomic E-state index is 0.185. The van der Waals surface area contributed by atoms with Crippen molar-refractivity contribution in [3.05, 3.63) is 35.2 Å². The molecule has 0 bridgehead atoms. The van der Waals surface area contributed by atoms with Crippen molar-refractivity contribution in [1.29, 1.82) is 0 Å². The molecule has 1 nitrogen and oxygen atoms in total. The molecule has 2 N–H and O–H groups in total. The maximum absolute atomic E-state index is 5.96. The van der Waals surface area contributed by atoms with Crippen molar-refractivity contribution in [1.82, 2.24) is 0 Å². The van der Waals surface area contributed by atoms with E-state index >= 15 is 0 Å². The van der Waals surface area contributed by atoms with Gasteiger partial charge in [-0.05, 0) is 40.9 Å². The molecule has 13 heavy (non-hydrogen) atoms. The Kier molecular flexibility index (Phi) is 2.34. The first kappa shape index (κ1) is 8.73. The van der Waals surface area contributed by atoms with Crippen molar-refractivity contribution in [2.45, 2.75) is 19.4 Å². The molecule has 0 aliphatic rings. The van der Waals surface area contributed by atoms with E-state index in [0.717, 1.165) is 6.42 Å². The number of nitrogens with two attached hydrogens (primary N) is 1. The zero-order chi connectivity index (χ0) is 9.26. The van der Waals surface area contributed by atoms with Crippen LogP contribution in [0, 0.1) is 0 Å². The predicted molar refractivity (Wildman–Crippen MR) is 59.0 cm³/mol. The zero-order valence-corrected chi connectivity index (χ0v) is 8.47. The van der Waals surface area contributed by atoms with Crippen molar-refractivity contribution in [3.8, 4) is 0 Å². The molecule has 0 aliphatic heterocycles. The first-order chi connectivity index (χ1) is 6.31. The molecule has 68 valence electrons. The van der Waals surface area contributed by atoms with E-state index in [9.17, 15) is 0 Å². The van der Waals surface area contributed by atoms with Crippen LogP contribution in [0.15, 0.2) is 29.6 Å². The summed E-state index contributed by atoms with van der Waals surface area (Å²) in [6, 6.07) is 8.81. The average molecular weight is 191 g/mol. The highest BCUT2D eigenvalue weighted by atomic mass is 32.1. The monoisotopic (exact) mass is 191 g/mol. The fourth-order valence-electron chi connectivity index (χ4n) is 1.45. The largest absolute Gasteiger partial charge is 0.324 e. The Hall–Kier alpha value is -0.860. The molecule has 0 amide bonds. The fourth-order valence-corrected chi connectivity index (χ4v) is 2.22. The first-order valence-corrected chi connectivity index (χ1v) is 5.42. The van der Waals surface area contributed by atoms with Crippen LogP contribution in [-0.2, 0) is 0 Å². The summed E-state index contributed by atoms with van der Waals surface area (Å²) in [5, 5.41) is 3.43. The van der Waals surface area contributed by atoms with Gasteiger partial charge in [-0.1, -0.05) is 13.0 Å². The van der Waals surface area contributed by atoms with E-state index in [-0.39, 0.29) is 6.04 Å². The third-order valence-electron chi connectivity index (χ3n) is 2.34. The second kappa shape index (κ2) is 3.48. The normalized spacial score (nSPS) is 13.4. The summed E-state index contributed by atoms with van der Waals surface area (Å²) in [5.41, 5.74) is 7.20. The van der Waals surface area contributed by atoms with Gasteiger partial charge in [-0.2, -0.15) is 0 Å². The molecule has 1 atom stereocenters. The van der Waals surface area contributed by atoms with Crippen molar-refractivity contribution < 1.29 is 0 Å². The van der Waals surface area contributed by atoms with Crippen LogP contribution in [-0.4, -0.2) is 0 Å². The van der Waals surface area contributed by atoms with Crippen molar-refractivity contribution >= 4 is 21.4 Å². The molecule has 2 rings (SSSR count). The third kappa shape index (κ3) is 1.60. The Balaban J connectivity index is 2.48. The van der Waals surface area contributed by atoms with Gasteiger partial charge in [0, 0.05) is 10.7 Å². The highest BCUT2D eigenvalue weighted by Gasteiger charge is 2.03. The Morgan fingerprint density at radius 2 is 2.23 bits per heavy atom. The van der Waals surface area contributed by atoms with E-state index in [1.54, 1.807) is 11.3 Å². The van der Waals surface area contributed by atoms with Gasteiger partial charge < -0.3 is 5.73 Å². The molecular weight excluding hydrogens is 178 g/mol. The van der Waals surface area contributed by atoms with Gasteiger partial charge in [0.05, 0.1) is 0 Å². The van der Waals surface area contributed by atoms with Crippen LogP contribution in [0.3, 0.4) is 0 Å². The van der Waals surface area contributed by atoms with Crippen molar-refractivity contribution in [2.75, 3.05) is 0 Å². The van der Waals surface area contributed by atoms with Crippen molar-refractivity contribution in [2.24, 2.45) is 5.73 Å². The van der Waals surface area contributed by atoms with Crippen LogP contribution >= 0.6 is 11.3 Å². The average Bonchev–Trinajstić information content (AvgIpc) is 2.63. The lowest BCUT2D eigenvalue weighted by Gasteiger charge is -2.08. The second-order valence-electron chi connectivity index (χ2n) is 3.23. The predicted octanol–water partition coefficient (Wildman–Crippen LogP) is 3.31. The standard InChI is InChI=1S/C11H13NS/c1-2-10(12)8-3-4-11-9(7-8)5-6-13-11/h3-7,10H,2,12H2,1H3/t10-/m0/s1. The number of thiophene rings is 1. The van der Waals surface area contributed by atoms with Crippen LogP contribution in [0.2, 0.25) is 0 Å². The van der Waals surface area contributed by atoms with Crippen LogP contribution in [0.25, 0.3) is 10.1 Å². The number of rotatable bonds is 2. The molecule has 0 fully saturated rings. The van der Waals surface area contributed by atoms with E-state index in [0.29, 0.717) is 0 Å². The molecule has 0 aliphatic carbocycles. The number of benzene rings is 1. The van der Waals surface area contributed by atoms with Gasteiger partial charge in [-0.3, -0.25) is 0 Å². The third-order valence-corrected chi connectivity index (χ3v) is 3.24. The molecule has 1 aromatic carbocycles. The van der Waals surface area contributed by atoms with Crippen LogP contribution < -0.4 is 5.73 Å². The fraction of sp³-hybridized carbons (Fsp3) is 0.273. The summed E-state index contributed by atoms with van der Waals surface area (Å²) < 4.78 is 1.34. The Morgan fingerprint density at radius 3 is 3.00 bits per heavy atom. The van der Waals surface area contributed by atoms with E-state index in [4.69, 9.17) is 5.73 Å². The van der Waals surface area contributed by atoms with Gasteiger partial charge in [-0.25, -0.2) is 0 Å². The summed E-state index contributed by atoms with van der Waals surface area (Å²) in [4.78, 5) is 0. The number of fused-ring (bicyclic) bond motifs is 1. The molecular formula is C11H13NS. The summed E-state index contributed by atoms with van der Waals surface area (Å²) in [6.07, 6.45) is 0.996. The minimum atomic E-state index is 0.185. The summed E-state index contributed by atoms with van der Waals surface area (Å²) in [6.45, 7) is 2.11. The van der Waals surface area contributed by atoms with E-state index in [2.05, 4.69) is 36.6 Å². The second-order valence-corrected chi connectivity index (χ2v) is 4.18. The molecule has 0 radical (unpaired) electrons. The highest BCUT2D eigenvalue weighted by molar-refractivity contribution is 7.17. The number of hydrogen-bond donors (Lipinski definition) is 1. The molecule has 0 saturated heterocycles. The Bertz CT molecular complexity index is 405. The smallest absolute Gasteiger partial charge is 0.0342 e. The van der Waals surface area contributed by atoms with E-state index in [1.165, 1.54) is 15.6 Å². The first-order valence-electron chi connectivity index (χ1n) is 4.54. The van der Waals surface area contributed by atoms with E-state index in [1.807, 2.05) is 0 Å². The molecule has 0 spiro atoms. The van der Waals surface area contributed by atoms with Crippen LogP contribution in [0.1, 0.15) is 24.9 Å². The zero-order valence-electron chi connectivity index (χ0n) is 7.66. The van der Waals surface area contributed by atoms with Crippen LogP contribution in [0.4, 0.5) is 0 Å². The maximum Gasteiger partial charge on any atom is 0.0342 e. The summed E-state index contributed by atoms with van der Waals surface area (Å²) in [7, 11) is 0. The molecule has 0 saturated carbocycles. The molecule has 2 heteroatoms. The topological polar surface area (TPSA) is 26.0 Å². The quantitative estimate of drug-likeness (QED) is 0.774. The lowest BCUT2D eigenvalue weighted by atomic mass is 10.0. The van der Waals surface area contributed by atoms with Gasteiger partial charge in [0.25, 0.3) is 0 Å². The molecule has 2 aromatic rings. The summed E-state index contributed by atoms with van der Waals surface area (Å²) >= 11 is 1.77. The Morgan fingerprint density at radius 1 is 1.38 bits per heavy atom. The van der Waals surface area contributed by atoms with Gasteiger partial charge in [-0.15, -0.1) is 11.3 Å². The van der Waals surface area contributed by atoms with Crippen molar-refractivity contribution in [3.63, 3.8) is 0 Å². The lowest BCUT2D eigenvalue weighted by Crippen LogP contribution is -2.07. The summed E-state index contributed by atoms with van der Waals surface area (Å²) in [5.74, 6) is 0. The van der Waals surface area contributed by atoms with E-state index < -0.39 is 0 Å². The van der Waals surface area contributed by atoms with Crippen LogP contribution in [0.5, 0.6) is 0 Å². The van der Waals surface area contributed by atoms with Gasteiger partial charge >= 0.3 is 0 Å². The molecule has 0 unspecified atom stereocenters. The van der Waals surface area contributed by atoms with Gasteiger partial charge in [0.1, 0.15) is 0 Å². The minimum Gasteiger partial charge on any atom is -0.324 e. The number of hydrogen-bond acceptors (Lipinski definition) is 2. The Labute approximate surface area is 82.2 Å². The maximum atomic E-state index is 5.96. The molecule has 1 aromatic heterocycles.